The van der Waals surface area contributed by atoms with E-state index in [2.05, 4.69) is 43.3 Å². The Hall–Kier alpha value is 0.150. The van der Waals surface area contributed by atoms with Crippen molar-refractivity contribution in [3.05, 3.63) is 50.9 Å². The fourth-order valence-corrected chi connectivity index (χ4v) is 2.51. The number of rotatable bonds is 1. The Morgan fingerprint density at radius 1 is 1.07 bits per heavy atom. The van der Waals surface area contributed by atoms with Crippen LogP contribution >= 0.6 is 24.8 Å². The van der Waals surface area contributed by atoms with Gasteiger partial charge in [0.05, 0.1) is 0 Å². The van der Waals surface area contributed by atoms with Crippen LogP contribution < -0.4 is 0 Å². The Morgan fingerprint density at radius 3 is 2.13 bits per heavy atom. The van der Waals surface area contributed by atoms with E-state index in [-0.39, 0.29) is 24.8 Å². The SMILES string of the molecule is CC1=[C]([Hf])CC(c2ccccc2)=C1.Cl.Cl. The second kappa shape index (κ2) is 6.67. The molecule has 0 atom stereocenters. The summed E-state index contributed by atoms with van der Waals surface area (Å²) in [5.74, 6) is 0. The normalized spacial score (nSPS) is 14.0. The second-order valence-electron chi connectivity index (χ2n) is 3.37. The largest absolute Gasteiger partial charge is 0.147 e. The molecule has 0 unspecified atom stereocenters. The maximum Gasteiger partial charge on any atom is -0.147 e. The van der Waals surface area contributed by atoms with Crippen molar-refractivity contribution >= 4 is 30.4 Å². The van der Waals surface area contributed by atoms with Crippen LogP contribution in [-0.2, 0) is 24.4 Å². The van der Waals surface area contributed by atoms with Gasteiger partial charge in [-0.05, 0) is 0 Å². The van der Waals surface area contributed by atoms with Crippen LogP contribution in [-0.4, -0.2) is 0 Å². The number of hydrogen-bond acceptors (Lipinski definition) is 0. The summed E-state index contributed by atoms with van der Waals surface area (Å²) in [5.41, 5.74) is 4.36. The third-order valence-corrected chi connectivity index (χ3v) is 4.43. The Balaban J connectivity index is 0.000000980. The molecule has 0 nitrogen and oxygen atoms in total. The summed E-state index contributed by atoms with van der Waals surface area (Å²) in [4.78, 5) is 0. The first kappa shape index (κ1) is 15.2. The minimum absolute atomic E-state index is 0. The minimum Gasteiger partial charge on any atom is -0.147 e. The van der Waals surface area contributed by atoms with Gasteiger partial charge in [0.2, 0.25) is 0 Å². The van der Waals surface area contributed by atoms with Crippen molar-refractivity contribution in [2.24, 2.45) is 0 Å². The van der Waals surface area contributed by atoms with Gasteiger partial charge in [0, 0.05) is 0 Å². The van der Waals surface area contributed by atoms with Crippen LogP contribution in [0.1, 0.15) is 18.9 Å². The van der Waals surface area contributed by atoms with E-state index in [1.54, 1.807) is 3.33 Å². The molecule has 0 spiro atoms. The maximum absolute atomic E-state index is 2.33. The molecule has 1 aromatic carbocycles. The van der Waals surface area contributed by atoms with Gasteiger partial charge in [-0.15, -0.1) is 24.8 Å². The van der Waals surface area contributed by atoms with Gasteiger partial charge in [0.25, 0.3) is 0 Å². The molecule has 0 saturated heterocycles. The van der Waals surface area contributed by atoms with Crippen LogP contribution in [0.25, 0.3) is 5.57 Å². The summed E-state index contributed by atoms with van der Waals surface area (Å²) in [6.45, 7) is 2.22. The molecule has 0 saturated carbocycles. The van der Waals surface area contributed by atoms with Crippen molar-refractivity contribution in [3.8, 4) is 0 Å². The van der Waals surface area contributed by atoms with Crippen LogP contribution in [0.3, 0.4) is 0 Å². The number of hydrogen-bond donors (Lipinski definition) is 0. The van der Waals surface area contributed by atoms with Crippen molar-refractivity contribution in [2.75, 3.05) is 0 Å². The van der Waals surface area contributed by atoms with Crippen LogP contribution in [0.2, 0.25) is 0 Å². The first-order chi connectivity index (χ1) is 6.27. The third-order valence-electron chi connectivity index (χ3n) is 2.38. The van der Waals surface area contributed by atoms with Gasteiger partial charge in [-0.25, -0.2) is 0 Å². The molecule has 3 heteroatoms. The van der Waals surface area contributed by atoms with Crippen molar-refractivity contribution < 1.29 is 24.4 Å². The zero-order valence-corrected chi connectivity index (χ0v) is 13.7. The van der Waals surface area contributed by atoms with E-state index in [4.69, 9.17) is 0 Å². The quantitative estimate of drug-likeness (QED) is 0.615. The summed E-state index contributed by atoms with van der Waals surface area (Å²) >= 11 is 1.20. The Morgan fingerprint density at radius 2 is 1.67 bits per heavy atom. The fourth-order valence-electron chi connectivity index (χ4n) is 1.57. The monoisotopic (exact) mass is 407 g/mol. The Bertz CT molecular complexity index is 380. The van der Waals surface area contributed by atoms with E-state index in [1.807, 2.05) is 0 Å². The fraction of sp³-hybridized carbons (Fsp3) is 0.167. The van der Waals surface area contributed by atoms with Gasteiger partial charge in [-0.1, -0.05) is 0 Å². The molecule has 1 aromatic rings. The molecule has 1 aliphatic carbocycles. The van der Waals surface area contributed by atoms with Crippen molar-refractivity contribution in [1.82, 2.24) is 0 Å². The zero-order valence-electron chi connectivity index (χ0n) is 8.49. The van der Waals surface area contributed by atoms with Gasteiger partial charge >= 0.3 is 94.2 Å². The van der Waals surface area contributed by atoms with Crippen molar-refractivity contribution in [1.29, 1.82) is 0 Å². The van der Waals surface area contributed by atoms with Gasteiger partial charge in [-0.2, -0.15) is 0 Å². The molecule has 0 aliphatic heterocycles. The molecule has 15 heavy (non-hydrogen) atoms. The average Bonchev–Trinajstić information content (AvgIpc) is 2.49. The predicted molar refractivity (Wildman–Crippen MR) is 66.2 cm³/mol. The van der Waals surface area contributed by atoms with Gasteiger partial charge in [0.1, 0.15) is 0 Å². The van der Waals surface area contributed by atoms with Gasteiger partial charge < -0.3 is 0 Å². The summed E-state index contributed by atoms with van der Waals surface area (Å²) in [5, 5.41) is 0. The second-order valence-corrected chi connectivity index (χ2v) is 5.54. The molecule has 0 aromatic heterocycles. The first-order valence-corrected chi connectivity index (χ1v) is 6.24. The topological polar surface area (TPSA) is 0 Å². The minimum atomic E-state index is 0. The van der Waals surface area contributed by atoms with Crippen LogP contribution in [0.4, 0.5) is 0 Å². The first-order valence-electron chi connectivity index (χ1n) is 4.45. The van der Waals surface area contributed by atoms with Crippen LogP contribution in [0, 0.1) is 0 Å². The molecule has 0 fully saturated rings. The van der Waals surface area contributed by atoms with E-state index in [0.29, 0.717) is 0 Å². The van der Waals surface area contributed by atoms with Gasteiger partial charge in [0.15, 0.2) is 0 Å². The smallest absolute Gasteiger partial charge is 0.147 e. The number of halogens is 2. The van der Waals surface area contributed by atoms with Gasteiger partial charge in [-0.3, -0.25) is 0 Å². The molecular formula is C12H13Cl2Hf. The number of benzene rings is 1. The zero-order chi connectivity index (χ0) is 9.26. The van der Waals surface area contributed by atoms with E-state index < -0.39 is 0 Å². The summed E-state index contributed by atoms with van der Waals surface area (Å²) < 4.78 is 1.64. The molecule has 0 amide bonds. The van der Waals surface area contributed by atoms with E-state index >= 15 is 0 Å². The average molecular weight is 407 g/mol. The molecule has 0 N–H and O–H groups in total. The van der Waals surface area contributed by atoms with E-state index in [0.717, 1.165) is 0 Å². The van der Waals surface area contributed by atoms with Crippen LogP contribution in [0.5, 0.6) is 0 Å². The van der Waals surface area contributed by atoms with E-state index in [1.165, 1.54) is 47.5 Å². The predicted octanol–water partition coefficient (Wildman–Crippen LogP) is 4.14. The van der Waals surface area contributed by atoms with Crippen LogP contribution in [0.15, 0.2) is 45.3 Å². The van der Waals surface area contributed by atoms with Crippen molar-refractivity contribution in [3.63, 3.8) is 0 Å². The Kier molecular flexibility index (Phi) is 6.74. The molecule has 2 rings (SSSR count). The summed E-state index contributed by atoms with van der Waals surface area (Å²) in [6, 6.07) is 10.7. The van der Waals surface area contributed by atoms with E-state index in [9.17, 15) is 0 Å². The molecule has 0 bridgehead atoms. The molecular weight excluding hydrogens is 394 g/mol. The standard InChI is InChI=1S/C12H11.2ClH.Hf/c1-10-7-8-12(9-10)11-5-3-2-4-6-11;;;/h2-6,9H,8H2,1H3;2*1H;. The maximum atomic E-state index is 2.33. The molecule has 0 heterocycles. The Labute approximate surface area is 118 Å². The molecule has 79 valence electrons. The molecule has 0 radical (unpaired) electrons. The van der Waals surface area contributed by atoms with Crippen molar-refractivity contribution in [2.45, 2.75) is 13.3 Å². The summed E-state index contributed by atoms with van der Waals surface area (Å²) in [7, 11) is 0. The number of allylic oxidation sites excluding steroid dienone is 4. The summed E-state index contributed by atoms with van der Waals surface area (Å²) in [6.07, 6.45) is 3.51. The third kappa shape index (κ3) is 3.58. The molecule has 1 aliphatic rings.